The van der Waals surface area contributed by atoms with E-state index in [1.54, 1.807) is 11.3 Å². The van der Waals surface area contributed by atoms with Crippen molar-refractivity contribution in [3.63, 3.8) is 0 Å². The molecule has 0 unspecified atom stereocenters. The highest BCUT2D eigenvalue weighted by molar-refractivity contribution is 7.26. The first-order valence-electron chi connectivity index (χ1n) is 9.64. The molecule has 0 aliphatic heterocycles. The number of para-hydroxylation sites is 1. The Kier molecular flexibility index (Phi) is 5.14. The standard InChI is InChI=1S/C22H18N2O3S3/c1-27-22(26)18-12-6-2-4-8-14(12)29-21(18)24-19(25)16-10-11-17(28-16)20-23-13-7-3-5-9-15(13)30-20/h3,5,7,9-11H,2,4,6,8H2,1H3,(H,24,25). The van der Waals surface area contributed by atoms with Crippen molar-refractivity contribution in [2.24, 2.45) is 0 Å². The lowest BCUT2D eigenvalue weighted by Crippen LogP contribution is -2.14. The van der Waals surface area contributed by atoms with Crippen molar-refractivity contribution in [1.29, 1.82) is 0 Å². The molecule has 3 heterocycles. The third-order valence-electron chi connectivity index (χ3n) is 5.12. The summed E-state index contributed by atoms with van der Waals surface area (Å²) in [5, 5.41) is 4.46. The number of methoxy groups -OCH3 is 1. The van der Waals surface area contributed by atoms with E-state index in [4.69, 9.17) is 4.74 Å². The third kappa shape index (κ3) is 3.45. The first-order chi connectivity index (χ1) is 14.6. The number of fused-ring (bicyclic) bond motifs is 2. The quantitative estimate of drug-likeness (QED) is 0.384. The molecule has 1 amide bonds. The monoisotopic (exact) mass is 454 g/mol. The van der Waals surface area contributed by atoms with Crippen molar-refractivity contribution in [2.45, 2.75) is 25.7 Å². The minimum absolute atomic E-state index is 0.212. The predicted octanol–water partition coefficient (Wildman–Crippen LogP) is 6.00. The average molecular weight is 455 g/mol. The number of rotatable bonds is 4. The summed E-state index contributed by atoms with van der Waals surface area (Å²) in [6.45, 7) is 0. The number of aryl methyl sites for hydroxylation is 1. The first-order valence-corrected chi connectivity index (χ1v) is 12.1. The normalized spacial score (nSPS) is 13.2. The molecule has 0 bridgehead atoms. The van der Waals surface area contributed by atoms with Crippen LogP contribution < -0.4 is 5.32 Å². The predicted molar refractivity (Wildman–Crippen MR) is 123 cm³/mol. The van der Waals surface area contributed by atoms with Gasteiger partial charge in [-0.3, -0.25) is 4.79 Å². The zero-order chi connectivity index (χ0) is 20.7. The fourth-order valence-electron chi connectivity index (χ4n) is 3.69. The fraction of sp³-hybridized carbons (Fsp3) is 0.227. The van der Waals surface area contributed by atoms with Gasteiger partial charge in [0, 0.05) is 4.88 Å². The van der Waals surface area contributed by atoms with E-state index < -0.39 is 0 Å². The number of aromatic nitrogens is 1. The van der Waals surface area contributed by atoms with Crippen LogP contribution in [0.1, 0.15) is 43.3 Å². The number of esters is 1. The summed E-state index contributed by atoms with van der Waals surface area (Å²) >= 11 is 4.52. The molecular weight excluding hydrogens is 436 g/mol. The van der Waals surface area contributed by atoms with Crippen LogP contribution in [-0.4, -0.2) is 24.0 Å². The summed E-state index contributed by atoms with van der Waals surface area (Å²) in [5.41, 5.74) is 2.52. The van der Waals surface area contributed by atoms with Crippen molar-refractivity contribution in [2.75, 3.05) is 12.4 Å². The number of nitrogens with zero attached hydrogens (tertiary/aromatic N) is 1. The molecule has 1 aliphatic rings. The molecule has 0 atom stereocenters. The van der Waals surface area contributed by atoms with E-state index >= 15 is 0 Å². The second-order valence-electron chi connectivity index (χ2n) is 7.01. The van der Waals surface area contributed by atoms with Crippen LogP contribution in [0.3, 0.4) is 0 Å². The molecule has 3 aromatic heterocycles. The lowest BCUT2D eigenvalue weighted by molar-refractivity contribution is 0.0601. The van der Waals surface area contributed by atoms with Gasteiger partial charge in [-0.15, -0.1) is 34.0 Å². The molecule has 8 heteroatoms. The number of benzene rings is 1. The molecule has 1 aliphatic carbocycles. The molecule has 0 saturated carbocycles. The van der Waals surface area contributed by atoms with E-state index in [2.05, 4.69) is 10.3 Å². The molecule has 0 spiro atoms. The van der Waals surface area contributed by atoms with Gasteiger partial charge in [-0.2, -0.15) is 0 Å². The Morgan fingerprint density at radius 2 is 1.87 bits per heavy atom. The summed E-state index contributed by atoms with van der Waals surface area (Å²) in [7, 11) is 1.38. The SMILES string of the molecule is COC(=O)c1c(NC(=O)c2ccc(-c3nc4ccccc4s3)s2)sc2c1CCCC2. The van der Waals surface area contributed by atoms with Crippen LogP contribution in [0.4, 0.5) is 5.00 Å². The lowest BCUT2D eigenvalue weighted by atomic mass is 9.95. The van der Waals surface area contributed by atoms with Gasteiger partial charge in [-0.25, -0.2) is 9.78 Å². The van der Waals surface area contributed by atoms with E-state index in [9.17, 15) is 9.59 Å². The Morgan fingerprint density at radius 1 is 1.03 bits per heavy atom. The minimum atomic E-state index is -0.383. The number of thiophene rings is 2. The van der Waals surface area contributed by atoms with Crippen LogP contribution in [0.15, 0.2) is 36.4 Å². The number of amides is 1. The Balaban J connectivity index is 1.42. The van der Waals surface area contributed by atoms with Crippen molar-refractivity contribution < 1.29 is 14.3 Å². The fourth-order valence-corrected chi connectivity index (χ4v) is 6.88. The Labute approximate surface area is 185 Å². The van der Waals surface area contributed by atoms with E-state index in [1.807, 2.05) is 36.4 Å². The second-order valence-corrected chi connectivity index (χ2v) is 10.2. The number of anilines is 1. The first kappa shape index (κ1) is 19.4. The molecule has 152 valence electrons. The molecular formula is C22H18N2O3S3. The molecule has 1 aromatic carbocycles. The Hall–Kier alpha value is -2.55. The topological polar surface area (TPSA) is 68.3 Å². The highest BCUT2D eigenvalue weighted by Gasteiger charge is 2.27. The lowest BCUT2D eigenvalue weighted by Gasteiger charge is -2.11. The van der Waals surface area contributed by atoms with Gasteiger partial charge in [0.1, 0.15) is 10.0 Å². The van der Waals surface area contributed by atoms with Crippen molar-refractivity contribution in [3.05, 3.63) is 57.3 Å². The molecule has 5 rings (SSSR count). The smallest absolute Gasteiger partial charge is 0.341 e. The van der Waals surface area contributed by atoms with Crippen LogP contribution in [0.5, 0.6) is 0 Å². The molecule has 30 heavy (non-hydrogen) atoms. The number of hydrogen-bond donors (Lipinski definition) is 1. The van der Waals surface area contributed by atoms with E-state index in [0.29, 0.717) is 15.4 Å². The maximum atomic E-state index is 12.9. The van der Waals surface area contributed by atoms with Gasteiger partial charge in [0.05, 0.1) is 32.6 Å². The molecule has 4 aromatic rings. The zero-order valence-corrected chi connectivity index (χ0v) is 18.6. The van der Waals surface area contributed by atoms with Crippen molar-refractivity contribution in [3.8, 4) is 9.88 Å². The van der Waals surface area contributed by atoms with Gasteiger partial charge in [0.25, 0.3) is 5.91 Å². The van der Waals surface area contributed by atoms with Crippen LogP contribution in [0.2, 0.25) is 0 Å². The van der Waals surface area contributed by atoms with Gasteiger partial charge in [-0.05, 0) is 55.5 Å². The largest absolute Gasteiger partial charge is 0.465 e. The number of carbonyl (C=O) groups excluding carboxylic acids is 2. The number of carbonyl (C=O) groups is 2. The highest BCUT2D eigenvalue weighted by Crippen LogP contribution is 2.39. The molecule has 0 fully saturated rings. The number of thiazole rings is 1. The van der Waals surface area contributed by atoms with Crippen molar-refractivity contribution in [1.82, 2.24) is 4.98 Å². The van der Waals surface area contributed by atoms with Gasteiger partial charge in [0.15, 0.2) is 0 Å². The summed E-state index contributed by atoms with van der Waals surface area (Å²) in [4.78, 5) is 32.7. The van der Waals surface area contributed by atoms with E-state index in [-0.39, 0.29) is 11.9 Å². The molecule has 1 N–H and O–H groups in total. The van der Waals surface area contributed by atoms with Gasteiger partial charge < -0.3 is 10.1 Å². The summed E-state index contributed by atoms with van der Waals surface area (Å²) < 4.78 is 6.12. The van der Waals surface area contributed by atoms with Crippen LogP contribution in [0, 0.1) is 0 Å². The van der Waals surface area contributed by atoms with Crippen LogP contribution in [0.25, 0.3) is 20.1 Å². The van der Waals surface area contributed by atoms with E-state index in [1.165, 1.54) is 34.7 Å². The van der Waals surface area contributed by atoms with Crippen LogP contribution >= 0.6 is 34.0 Å². The van der Waals surface area contributed by atoms with Gasteiger partial charge >= 0.3 is 5.97 Å². The number of nitrogens with one attached hydrogen (secondary N) is 1. The van der Waals surface area contributed by atoms with Gasteiger partial charge in [0.2, 0.25) is 0 Å². The Bertz CT molecular complexity index is 1230. The maximum absolute atomic E-state index is 12.9. The number of hydrogen-bond acceptors (Lipinski definition) is 7. The third-order valence-corrected chi connectivity index (χ3v) is 8.62. The van der Waals surface area contributed by atoms with E-state index in [0.717, 1.165) is 51.3 Å². The average Bonchev–Trinajstić information content (AvgIpc) is 3.48. The van der Waals surface area contributed by atoms with Crippen LogP contribution in [-0.2, 0) is 17.6 Å². The summed E-state index contributed by atoms with van der Waals surface area (Å²) in [6, 6.07) is 11.7. The number of ether oxygens (including phenoxy) is 1. The molecule has 5 nitrogen and oxygen atoms in total. The summed E-state index contributed by atoms with van der Waals surface area (Å²) in [5.74, 6) is -0.595. The summed E-state index contributed by atoms with van der Waals surface area (Å²) in [6.07, 6.45) is 3.96. The van der Waals surface area contributed by atoms with Gasteiger partial charge in [-0.1, -0.05) is 12.1 Å². The second kappa shape index (κ2) is 7.94. The minimum Gasteiger partial charge on any atom is -0.465 e. The maximum Gasteiger partial charge on any atom is 0.341 e. The molecule has 0 radical (unpaired) electrons. The zero-order valence-electron chi connectivity index (χ0n) is 16.2. The Morgan fingerprint density at radius 3 is 2.70 bits per heavy atom. The molecule has 0 saturated heterocycles. The van der Waals surface area contributed by atoms with Crippen molar-refractivity contribution >= 4 is 61.1 Å². The highest BCUT2D eigenvalue weighted by atomic mass is 32.1.